The van der Waals surface area contributed by atoms with Crippen molar-refractivity contribution in [3.63, 3.8) is 0 Å². The van der Waals surface area contributed by atoms with Crippen molar-refractivity contribution < 1.29 is 14.3 Å². The van der Waals surface area contributed by atoms with Gasteiger partial charge in [0.25, 0.3) is 11.1 Å². The number of imide groups is 1. The number of hydrogen-bond donors (Lipinski definition) is 0. The van der Waals surface area contributed by atoms with Crippen molar-refractivity contribution in [2.75, 3.05) is 6.61 Å². The van der Waals surface area contributed by atoms with Gasteiger partial charge in [-0.15, -0.1) is 0 Å². The number of aryl methyl sites for hydroxylation is 1. The maximum Gasteiger partial charge on any atom is 0.293 e. The molecule has 2 aromatic carbocycles. The molecule has 5 heteroatoms. The summed E-state index contributed by atoms with van der Waals surface area (Å²) in [6.45, 7) is 4.80. The Labute approximate surface area is 151 Å². The average molecular weight is 353 g/mol. The molecular formula is C20H19NO3S. The quantitative estimate of drug-likeness (QED) is 0.735. The summed E-state index contributed by atoms with van der Waals surface area (Å²) in [5.74, 6) is 0.493. The van der Waals surface area contributed by atoms with Gasteiger partial charge in [0.1, 0.15) is 5.75 Å². The number of ether oxygens (including phenoxy) is 1. The Morgan fingerprint density at radius 2 is 1.88 bits per heavy atom. The molecule has 128 valence electrons. The van der Waals surface area contributed by atoms with Crippen LogP contribution in [-0.2, 0) is 11.3 Å². The van der Waals surface area contributed by atoms with Crippen LogP contribution in [0.5, 0.6) is 5.75 Å². The number of nitrogens with zero attached hydrogens (tertiary/aromatic N) is 1. The van der Waals surface area contributed by atoms with E-state index in [4.69, 9.17) is 4.74 Å². The third kappa shape index (κ3) is 4.12. The molecule has 0 bridgehead atoms. The van der Waals surface area contributed by atoms with E-state index in [1.165, 1.54) is 4.90 Å². The van der Waals surface area contributed by atoms with Gasteiger partial charge in [-0.25, -0.2) is 0 Å². The first-order chi connectivity index (χ1) is 12.1. The van der Waals surface area contributed by atoms with Crippen LogP contribution in [0.1, 0.15) is 23.6 Å². The fourth-order valence-electron chi connectivity index (χ4n) is 2.52. The Morgan fingerprint density at radius 1 is 1.12 bits per heavy atom. The van der Waals surface area contributed by atoms with Crippen molar-refractivity contribution in [3.8, 4) is 5.75 Å². The average Bonchev–Trinajstić information content (AvgIpc) is 2.85. The minimum Gasteiger partial charge on any atom is -0.494 e. The van der Waals surface area contributed by atoms with Gasteiger partial charge < -0.3 is 4.74 Å². The summed E-state index contributed by atoms with van der Waals surface area (Å²) in [6.07, 6.45) is 1.74. The fourth-order valence-corrected chi connectivity index (χ4v) is 3.36. The van der Waals surface area contributed by atoms with Crippen LogP contribution >= 0.6 is 11.8 Å². The van der Waals surface area contributed by atoms with Crippen molar-refractivity contribution in [1.29, 1.82) is 0 Å². The number of carbonyl (C=O) groups excluding carboxylic acids is 2. The second-order valence-corrected chi connectivity index (χ2v) is 6.75. The van der Waals surface area contributed by atoms with Gasteiger partial charge in [0.05, 0.1) is 18.1 Å². The van der Waals surface area contributed by atoms with Crippen LogP contribution in [0.15, 0.2) is 53.4 Å². The maximum absolute atomic E-state index is 12.6. The lowest BCUT2D eigenvalue weighted by molar-refractivity contribution is -0.123. The summed E-state index contributed by atoms with van der Waals surface area (Å²) in [4.78, 5) is 26.5. The fraction of sp³-hybridized carbons (Fsp3) is 0.200. The Morgan fingerprint density at radius 3 is 2.60 bits per heavy atom. The molecule has 4 nitrogen and oxygen atoms in total. The first-order valence-electron chi connectivity index (χ1n) is 8.10. The number of carbonyl (C=O) groups is 2. The Balaban J connectivity index is 1.78. The Hall–Kier alpha value is -2.53. The highest BCUT2D eigenvalue weighted by Gasteiger charge is 2.34. The first-order valence-corrected chi connectivity index (χ1v) is 8.92. The lowest BCUT2D eigenvalue weighted by Crippen LogP contribution is -2.27. The zero-order valence-corrected chi connectivity index (χ0v) is 15.0. The number of rotatable bonds is 5. The van der Waals surface area contributed by atoms with Crippen LogP contribution < -0.4 is 4.74 Å². The summed E-state index contributed by atoms with van der Waals surface area (Å²) < 4.78 is 5.47. The van der Waals surface area contributed by atoms with Crippen LogP contribution in [0.2, 0.25) is 0 Å². The van der Waals surface area contributed by atoms with Crippen LogP contribution in [0.3, 0.4) is 0 Å². The first kappa shape index (κ1) is 17.3. The Bertz CT molecular complexity index is 827. The van der Waals surface area contributed by atoms with Gasteiger partial charge in [0.2, 0.25) is 0 Å². The zero-order chi connectivity index (χ0) is 17.8. The number of amides is 2. The van der Waals surface area contributed by atoms with Crippen molar-refractivity contribution in [1.82, 2.24) is 4.90 Å². The second-order valence-electron chi connectivity index (χ2n) is 5.76. The Kier molecular flexibility index (Phi) is 5.24. The normalized spacial score (nSPS) is 15.9. The van der Waals surface area contributed by atoms with Gasteiger partial charge >= 0.3 is 0 Å². The molecule has 0 saturated carbocycles. The molecule has 1 heterocycles. The van der Waals surface area contributed by atoms with E-state index < -0.39 is 0 Å². The summed E-state index contributed by atoms with van der Waals surface area (Å²) in [7, 11) is 0. The standard InChI is InChI=1S/C20H19NO3S/c1-3-24-17-6-4-5-16(11-17)12-18-19(22)21(20(23)25-18)13-15-9-7-14(2)8-10-15/h4-12H,3,13H2,1-2H3/b18-12-. The smallest absolute Gasteiger partial charge is 0.293 e. The van der Waals surface area contributed by atoms with Gasteiger partial charge in [0.15, 0.2) is 0 Å². The van der Waals surface area contributed by atoms with Crippen molar-refractivity contribution in [2.45, 2.75) is 20.4 Å². The van der Waals surface area contributed by atoms with E-state index in [0.717, 1.165) is 34.2 Å². The van der Waals surface area contributed by atoms with Gasteiger partial charge in [-0.3, -0.25) is 14.5 Å². The van der Waals surface area contributed by atoms with Gasteiger partial charge in [-0.1, -0.05) is 42.0 Å². The molecule has 1 saturated heterocycles. The molecule has 0 N–H and O–H groups in total. The third-order valence-electron chi connectivity index (χ3n) is 3.80. The van der Waals surface area contributed by atoms with E-state index in [2.05, 4.69) is 0 Å². The monoisotopic (exact) mass is 353 g/mol. The van der Waals surface area contributed by atoms with E-state index in [9.17, 15) is 9.59 Å². The molecular weight excluding hydrogens is 334 g/mol. The lowest BCUT2D eigenvalue weighted by Gasteiger charge is -2.12. The highest BCUT2D eigenvalue weighted by Crippen LogP contribution is 2.33. The molecule has 0 unspecified atom stereocenters. The predicted molar refractivity (Wildman–Crippen MR) is 100 cm³/mol. The lowest BCUT2D eigenvalue weighted by atomic mass is 10.1. The minimum atomic E-state index is -0.252. The summed E-state index contributed by atoms with van der Waals surface area (Å²) in [5, 5.41) is -0.238. The summed E-state index contributed by atoms with van der Waals surface area (Å²) in [6, 6.07) is 15.3. The molecule has 0 spiro atoms. The van der Waals surface area contributed by atoms with Gasteiger partial charge in [0, 0.05) is 0 Å². The largest absolute Gasteiger partial charge is 0.494 e. The molecule has 2 aromatic rings. The van der Waals surface area contributed by atoms with E-state index in [1.807, 2.05) is 62.4 Å². The molecule has 1 aliphatic rings. The van der Waals surface area contributed by atoms with Gasteiger partial charge in [-0.05, 0) is 54.9 Å². The molecule has 1 aliphatic heterocycles. The van der Waals surface area contributed by atoms with E-state index in [-0.39, 0.29) is 11.1 Å². The second kappa shape index (κ2) is 7.57. The molecule has 0 aromatic heterocycles. The van der Waals surface area contributed by atoms with Crippen molar-refractivity contribution in [2.24, 2.45) is 0 Å². The molecule has 0 aliphatic carbocycles. The molecule has 0 radical (unpaired) electrons. The van der Waals surface area contributed by atoms with Crippen LogP contribution in [-0.4, -0.2) is 22.7 Å². The van der Waals surface area contributed by atoms with Crippen LogP contribution in [0.4, 0.5) is 4.79 Å². The van der Waals surface area contributed by atoms with E-state index in [1.54, 1.807) is 6.08 Å². The molecule has 0 atom stereocenters. The topological polar surface area (TPSA) is 46.6 Å². The molecule has 3 rings (SSSR count). The van der Waals surface area contributed by atoms with Crippen LogP contribution in [0, 0.1) is 6.92 Å². The highest BCUT2D eigenvalue weighted by molar-refractivity contribution is 8.18. The maximum atomic E-state index is 12.6. The predicted octanol–water partition coefficient (Wildman–Crippen LogP) is 4.63. The highest BCUT2D eigenvalue weighted by atomic mass is 32.2. The van der Waals surface area contributed by atoms with Crippen molar-refractivity contribution in [3.05, 3.63) is 70.1 Å². The molecule has 1 fully saturated rings. The van der Waals surface area contributed by atoms with Crippen molar-refractivity contribution >= 4 is 29.0 Å². The molecule has 2 amide bonds. The number of benzene rings is 2. The summed E-state index contributed by atoms with van der Waals surface area (Å²) >= 11 is 0.976. The van der Waals surface area contributed by atoms with Crippen LogP contribution in [0.25, 0.3) is 6.08 Å². The van der Waals surface area contributed by atoms with E-state index >= 15 is 0 Å². The number of hydrogen-bond acceptors (Lipinski definition) is 4. The molecule has 25 heavy (non-hydrogen) atoms. The van der Waals surface area contributed by atoms with Gasteiger partial charge in [-0.2, -0.15) is 0 Å². The van der Waals surface area contributed by atoms with E-state index in [0.29, 0.717) is 18.1 Å². The SMILES string of the molecule is CCOc1cccc(/C=C2\SC(=O)N(Cc3ccc(C)cc3)C2=O)c1. The number of thioether (sulfide) groups is 1. The zero-order valence-electron chi connectivity index (χ0n) is 14.2. The summed E-state index contributed by atoms with van der Waals surface area (Å²) in [5.41, 5.74) is 2.92. The minimum absolute atomic E-state index is 0.238. The third-order valence-corrected chi connectivity index (χ3v) is 4.71.